The van der Waals surface area contributed by atoms with Gasteiger partial charge < -0.3 is 50.5 Å². The van der Waals surface area contributed by atoms with E-state index in [4.69, 9.17) is 9.47 Å². The van der Waals surface area contributed by atoms with E-state index in [1.165, 1.54) is 180 Å². The molecule has 63 heavy (non-hydrogen) atoms. The van der Waals surface area contributed by atoms with E-state index in [1.54, 1.807) is 0 Å². The summed E-state index contributed by atoms with van der Waals surface area (Å²) < 4.78 is 11.1. The lowest BCUT2D eigenvalue weighted by Crippen LogP contribution is -2.60. The van der Waals surface area contributed by atoms with Gasteiger partial charge in [-0.25, -0.2) is 0 Å². The molecule has 1 heterocycles. The van der Waals surface area contributed by atoms with Crippen molar-refractivity contribution in [3.8, 4) is 0 Å². The van der Waals surface area contributed by atoms with Gasteiger partial charge in [-0.2, -0.15) is 0 Å². The molecule has 0 aromatic rings. The summed E-state index contributed by atoms with van der Waals surface area (Å²) in [5.74, 6) is -0.692. The van der Waals surface area contributed by atoms with Crippen molar-refractivity contribution in [1.29, 1.82) is 0 Å². The van der Waals surface area contributed by atoms with Crippen LogP contribution in [-0.2, 0) is 14.3 Å². The zero-order valence-corrected chi connectivity index (χ0v) is 40.8. The Balaban J connectivity index is 2.28. The fraction of sp³-hybridized carbons (Fsp3) is 0.981. The minimum atomic E-state index is -1.66. The van der Waals surface area contributed by atoms with Crippen LogP contribution >= 0.6 is 0 Å². The van der Waals surface area contributed by atoms with E-state index in [1.807, 2.05) is 0 Å². The molecule has 1 aliphatic heterocycles. The zero-order valence-electron chi connectivity index (χ0n) is 40.8. The number of unbranched alkanes of at least 4 members (excludes halogenated alkanes) is 34. The second-order valence-electron chi connectivity index (χ2n) is 19.3. The van der Waals surface area contributed by atoms with Crippen LogP contribution in [0.5, 0.6) is 0 Å². The maximum Gasteiger partial charge on any atom is 0.249 e. The van der Waals surface area contributed by atoms with Crippen molar-refractivity contribution < 1.29 is 50.0 Å². The summed E-state index contributed by atoms with van der Waals surface area (Å²) >= 11 is 0. The van der Waals surface area contributed by atoms with Gasteiger partial charge in [0.1, 0.15) is 36.6 Å². The number of aliphatic hydroxyl groups is 7. The van der Waals surface area contributed by atoms with Crippen molar-refractivity contribution in [3.05, 3.63) is 0 Å². The molecule has 9 unspecified atom stereocenters. The van der Waals surface area contributed by atoms with Gasteiger partial charge in [-0.05, 0) is 12.8 Å². The topological polar surface area (TPSA) is 189 Å². The van der Waals surface area contributed by atoms with Crippen molar-refractivity contribution in [3.63, 3.8) is 0 Å². The summed E-state index contributed by atoms with van der Waals surface area (Å²) in [4.78, 5) is 13.1. The van der Waals surface area contributed by atoms with Gasteiger partial charge >= 0.3 is 0 Å². The Morgan fingerprint density at radius 3 is 1.17 bits per heavy atom. The molecule has 1 amide bonds. The molecule has 1 saturated heterocycles. The highest BCUT2D eigenvalue weighted by Crippen LogP contribution is 2.23. The summed E-state index contributed by atoms with van der Waals surface area (Å²) in [6.45, 7) is 3.47. The van der Waals surface area contributed by atoms with E-state index < -0.39 is 74.2 Å². The summed E-state index contributed by atoms with van der Waals surface area (Å²) in [7, 11) is 0. The first-order valence-corrected chi connectivity index (χ1v) is 26.9. The second-order valence-corrected chi connectivity index (χ2v) is 19.3. The van der Waals surface area contributed by atoms with Crippen LogP contribution < -0.4 is 5.32 Å². The molecule has 8 N–H and O–H groups in total. The third-order valence-corrected chi connectivity index (χ3v) is 13.4. The zero-order chi connectivity index (χ0) is 46.2. The van der Waals surface area contributed by atoms with Gasteiger partial charge in [-0.3, -0.25) is 4.79 Å². The molecule has 0 aromatic carbocycles. The molecule has 0 saturated carbocycles. The monoisotopic (exact) mass is 902 g/mol. The Morgan fingerprint density at radius 1 is 0.492 bits per heavy atom. The van der Waals surface area contributed by atoms with E-state index in [-0.39, 0.29) is 6.42 Å². The molecular formula is C52H103NO10. The Bertz CT molecular complexity index is 991. The maximum absolute atomic E-state index is 13.1. The molecule has 11 heteroatoms. The molecule has 11 nitrogen and oxygen atoms in total. The van der Waals surface area contributed by atoms with Crippen LogP contribution in [0.1, 0.15) is 258 Å². The highest BCUT2D eigenvalue weighted by Gasteiger charge is 2.44. The average Bonchev–Trinajstić information content (AvgIpc) is 3.28. The molecular weight excluding hydrogens is 799 g/mol. The standard InChI is InChI=1S/C52H103NO10/c1-3-5-7-9-11-13-15-17-18-19-20-21-22-23-24-25-26-27-28-30-32-34-36-38-40-45(56)51(61)53-43(42-62-52-50(60)49(59)48(58)46(41-54)63-52)47(57)44(55)39-37-35-33-31-29-16-14-12-10-8-6-4-2/h43-50,52,54-60H,3-42H2,1-2H3,(H,53,61). The van der Waals surface area contributed by atoms with E-state index in [0.29, 0.717) is 19.3 Å². The van der Waals surface area contributed by atoms with Crippen LogP contribution in [0.15, 0.2) is 0 Å². The first-order valence-electron chi connectivity index (χ1n) is 26.9. The molecule has 1 rings (SSSR count). The SMILES string of the molecule is CCCCCCCCCCCCCCCCCCCCCCCCCCC(O)C(=O)NC(COC1OC(CO)C(O)C(O)C1O)C(O)C(O)CCCCCCCCCCCCCC. The highest BCUT2D eigenvalue weighted by atomic mass is 16.7. The van der Waals surface area contributed by atoms with E-state index >= 15 is 0 Å². The number of aliphatic hydroxyl groups excluding tert-OH is 7. The first kappa shape index (κ1) is 60.1. The van der Waals surface area contributed by atoms with Gasteiger partial charge in [0.2, 0.25) is 5.91 Å². The fourth-order valence-corrected chi connectivity index (χ4v) is 8.97. The van der Waals surface area contributed by atoms with Crippen molar-refractivity contribution in [2.24, 2.45) is 0 Å². The van der Waals surface area contributed by atoms with E-state index in [9.17, 15) is 40.5 Å². The summed E-state index contributed by atoms with van der Waals surface area (Å²) in [5.41, 5.74) is 0. The number of hydrogen-bond acceptors (Lipinski definition) is 10. The van der Waals surface area contributed by atoms with Crippen molar-refractivity contribution in [1.82, 2.24) is 5.32 Å². The molecule has 0 radical (unpaired) electrons. The third-order valence-electron chi connectivity index (χ3n) is 13.4. The minimum Gasteiger partial charge on any atom is -0.394 e. The fourth-order valence-electron chi connectivity index (χ4n) is 8.97. The normalized spacial score (nSPS) is 21.1. The predicted molar refractivity (Wildman–Crippen MR) is 256 cm³/mol. The largest absolute Gasteiger partial charge is 0.394 e. The quantitative estimate of drug-likeness (QED) is 0.0273. The smallest absolute Gasteiger partial charge is 0.249 e. The lowest BCUT2D eigenvalue weighted by atomic mass is 9.98. The average molecular weight is 902 g/mol. The number of nitrogens with one attached hydrogen (secondary N) is 1. The Morgan fingerprint density at radius 2 is 0.825 bits per heavy atom. The number of rotatable bonds is 46. The molecule has 0 spiro atoms. The predicted octanol–water partition coefficient (Wildman–Crippen LogP) is 10.2. The number of ether oxygens (including phenoxy) is 2. The maximum atomic E-state index is 13.1. The molecule has 9 atom stereocenters. The van der Waals surface area contributed by atoms with Gasteiger partial charge in [0.05, 0.1) is 25.4 Å². The third kappa shape index (κ3) is 31.7. The van der Waals surface area contributed by atoms with Crippen molar-refractivity contribution in [2.75, 3.05) is 13.2 Å². The molecule has 0 bridgehead atoms. The lowest BCUT2D eigenvalue weighted by Gasteiger charge is -2.40. The Kier molecular flexibility index (Phi) is 40.5. The number of amides is 1. The molecule has 0 aromatic heterocycles. The molecule has 376 valence electrons. The molecule has 1 fully saturated rings. The summed E-state index contributed by atoms with van der Waals surface area (Å²) in [6, 6.07) is -1.16. The van der Waals surface area contributed by atoms with Gasteiger partial charge in [0, 0.05) is 0 Å². The van der Waals surface area contributed by atoms with Gasteiger partial charge in [-0.1, -0.05) is 245 Å². The van der Waals surface area contributed by atoms with Crippen LogP contribution in [0.25, 0.3) is 0 Å². The Hall–Kier alpha value is -0.890. The number of carbonyl (C=O) groups excluding carboxylic acids is 1. The van der Waals surface area contributed by atoms with Gasteiger partial charge in [-0.15, -0.1) is 0 Å². The summed E-state index contributed by atoms with van der Waals surface area (Å²) in [5, 5.41) is 75.9. The second kappa shape index (κ2) is 42.5. The van der Waals surface area contributed by atoms with E-state index in [0.717, 1.165) is 38.5 Å². The van der Waals surface area contributed by atoms with Crippen LogP contribution in [0, 0.1) is 0 Å². The van der Waals surface area contributed by atoms with E-state index in [2.05, 4.69) is 19.2 Å². The summed E-state index contributed by atoms with van der Waals surface area (Å²) in [6.07, 6.45) is 34.5. The number of hydrogen-bond donors (Lipinski definition) is 8. The van der Waals surface area contributed by atoms with Crippen LogP contribution in [-0.4, -0.2) is 110 Å². The van der Waals surface area contributed by atoms with Crippen LogP contribution in [0.2, 0.25) is 0 Å². The molecule has 1 aliphatic rings. The van der Waals surface area contributed by atoms with Crippen LogP contribution in [0.4, 0.5) is 0 Å². The Labute approximate surface area is 386 Å². The van der Waals surface area contributed by atoms with Gasteiger partial charge in [0.25, 0.3) is 0 Å². The number of carbonyl (C=O) groups is 1. The van der Waals surface area contributed by atoms with Crippen molar-refractivity contribution >= 4 is 5.91 Å². The first-order chi connectivity index (χ1) is 30.7. The highest BCUT2D eigenvalue weighted by molar-refractivity contribution is 5.80. The van der Waals surface area contributed by atoms with Gasteiger partial charge in [0.15, 0.2) is 6.29 Å². The minimum absolute atomic E-state index is 0.267. The lowest BCUT2D eigenvalue weighted by molar-refractivity contribution is -0.303. The van der Waals surface area contributed by atoms with Crippen molar-refractivity contribution in [2.45, 2.75) is 313 Å². The molecule has 0 aliphatic carbocycles. The van der Waals surface area contributed by atoms with Crippen LogP contribution in [0.3, 0.4) is 0 Å².